The van der Waals surface area contributed by atoms with Crippen molar-refractivity contribution in [3.63, 3.8) is 0 Å². The zero-order valence-corrected chi connectivity index (χ0v) is 18.1. The molecular weight excluding hydrogens is 376 g/mol. The Bertz CT molecular complexity index is 832. The number of ether oxygens (including phenoxy) is 1. The van der Waals surface area contributed by atoms with Crippen LogP contribution in [0.2, 0.25) is 0 Å². The van der Waals surface area contributed by atoms with Crippen molar-refractivity contribution in [2.24, 2.45) is 5.41 Å². The summed E-state index contributed by atoms with van der Waals surface area (Å²) in [4.78, 5) is 26.1. The fourth-order valence-corrected chi connectivity index (χ4v) is 5.01. The van der Waals surface area contributed by atoms with Gasteiger partial charge in [0.05, 0.1) is 12.2 Å². The Morgan fingerprint density at radius 1 is 1.23 bits per heavy atom. The van der Waals surface area contributed by atoms with Crippen LogP contribution in [0, 0.1) is 5.41 Å². The predicted molar refractivity (Wildman–Crippen MR) is 116 cm³/mol. The Morgan fingerprint density at radius 3 is 2.70 bits per heavy atom. The highest BCUT2D eigenvalue weighted by atomic mass is 16.5. The standard InChI is InChI=1S/C24H32N4O2/c1-3-21-7-6-20(15-26-21)23(29)27-11-8-24(9-12-27)13-22(17-30-2)28(18-24)16-19-5-4-10-25-14-19/h4-7,10,14-15,22H,3,8-9,11-13,16-18H2,1-2H3. The summed E-state index contributed by atoms with van der Waals surface area (Å²) in [6.07, 6.45) is 9.61. The number of nitrogens with zero attached hydrogens (tertiary/aromatic N) is 4. The number of rotatable bonds is 6. The summed E-state index contributed by atoms with van der Waals surface area (Å²) in [5.74, 6) is 0.110. The van der Waals surface area contributed by atoms with Gasteiger partial charge in [-0.15, -0.1) is 0 Å². The topological polar surface area (TPSA) is 58.6 Å². The maximum Gasteiger partial charge on any atom is 0.255 e. The van der Waals surface area contributed by atoms with Gasteiger partial charge in [0.1, 0.15) is 0 Å². The zero-order chi connectivity index (χ0) is 21.0. The van der Waals surface area contributed by atoms with Crippen LogP contribution in [-0.4, -0.2) is 65.1 Å². The van der Waals surface area contributed by atoms with Gasteiger partial charge in [-0.3, -0.25) is 19.7 Å². The van der Waals surface area contributed by atoms with Gasteiger partial charge in [-0.1, -0.05) is 13.0 Å². The summed E-state index contributed by atoms with van der Waals surface area (Å²) < 4.78 is 5.53. The summed E-state index contributed by atoms with van der Waals surface area (Å²) in [5.41, 5.74) is 3.23. The van der Waals surface area contributed by atoms with Crippen molar-refractivity contribution >= 4 is 5.91 Å². The first-order chi connectivity index (χ1) is 14.6. The number of amides is 1. The van der Waals surface area contributed by atoms with Crippen molar-refractivity contribution in [3.05, 3.63) is 59.7 Å². The van der Waals surface area contributed by atoms with Gasteiger partial charge in [0.25, 0.3) is 5.91 Å². The van der Waals surface area contributed by atoms with E-state index in [1.165, 1.54) is 5.56 Å². The van der Waals surface area contributed by atoms with Crippen molar-refractivity contribution in [2.75, 3.05) is 33.4 Å². The van der Waals surface area contributed by atoms with Crippen LogP contribution in [0.1, 0.15) is 47.8 Å². The number of likely N-dealkylation sites (tertiary alicyclic amines) is 2. The van der Waals surface area contributed by atoms with E-state index in [4.69, 9.17) is 4.74 Å². The first kappa shape index (κ1) is 20.9. The first-order valence-corrected chi connectivity index (χ1v) is 11.0. The number of carbonyl (C=O) groups excluding carboxylic acids is 1. The first-order valence-electron chi connectivity index (χ1n) is 11.0. The third kappa shape index (κ3) is 4.55. The lowest BCUT2D eigenvalue weighted by molar-refractivity contribution is 0.0587. The molecule has 2 aromatic rings. The lowest BCUT2D eigenvalue weighted by Crippen LogP contribution is -2.44. The van der Waals surface area contributed by atoms with Gasteiger partial charge in [-0.2, -0.15) is 0 Å². The monoisotopic (exact) mass is 408 g/mol. The van der Waals surface area contributed by atoms with Crippen LogP contribution in [0.5, 0.6) is 0 Å². The molecule has 4 rings (SSSR count). The quantitative estimate of drug-likeness (QED) is 0.735. The van der Waals surface area contributed by atoms with Crippen LogP contribution in [0.4, 0.5) is 0 Å². The van der Waals surface area contributed by atoms with E-state index < -0.39 is 0 Å². The van der Waals surface area contributed by atoms with E-state index >= 15 is 0 Å². The average Bonchev–Trinajstić information content (AvgIpc) is 3.11. The summed E-state index contributed by atoms with van der Waals surface area (Å²) in [6, 6.07) is 8.43. The minimum Gasteiger partial charge on any atom is -0.383 e. The van der Waals surface area contributed by atoms with Gasteiger partial charge in [0, 0.05) is 63.6 Å². The molecule has 6 nitrogen and oxygen atoms in total. The third-order valence-electron chi connectivity index (χ3n) is 6.74. The van der Waals surface area contributed by atoms with Crippen molar-refractivity contribution in [1.29, 1.82) is 0 Å². The number of piperidine rings is 1. The molecule has 30 heavy (non-hydrogen) atoms. The molecule has 1 unspecified atom stereocenters. The number of aromatic nitrogens is 2. The number of pyridine rings is 2. The highest BCUT2D eigenvalue weighted by Gasteiger charge is 2.45. The van der Waals surface area contributed by atoms with Gasteiger partial charge >= 0.3 is 0 Å². The highest BCUT2D eigenvalue weighted by Crippen LogP contribution is 2.44. The van der Waals surface area contributed by atoms with Crippen molar-refractivity contribution in [3.8, 4) is 0 Å². The molecule has 0 aliphatic carbocycles. The normalized spacial score (nSPS) is 21.3. The van der Waals surface area contributed by atoms with Crippen LogP contribution >= 0.6 is 0 Å². The van der Waals surface area contributed by atoms with E-state index in [9.17, 15) is 4.79 Å². The smallest absolute Gasteiger partial charge is 0.255 e. The third-order valence-corrected chi connectivity index (χ3v) is 6.74. The Morgan fingerprint density at radius 2 is 2.07 bits per heavy atom. The van der Waals surface area contributed by atoms with Crippen LogP contribution in [0.3, 0.4) is 0 Å². The maximum absolute atomic E-state index is 12.9. The molecule has 2 saturated heterocycles. The molecule has 1 amide bonds. The van der Waals surface area contributed by atoms with E-state index in [-0.39, 0.29) is 11.3 Å². The van der Waals surface area contributed by atoms with Crippen LogP contribution in [-0.2, 0) is 17.7 Å². The molecule has 2 fully saturated rings. The molecule has 2 aliphatic heterocycles. The molecule has 0 radical (unpaired) electrons. The fraction of sp³-hybridized carbons (Fsp3) is 0.542. The van der Waals surface area contributed by atoms with E-state index in [1.54, 1.807) is 13.3 Å². The Balaban J connectivity index is 1.39. The summed E-state index contributed by atoms with van der Waals surface area (Å²) in [7, 11) is 1.78. The molecular formula is C24H32N4O2. The van der Waals surface area contributed by atoms with E-state index in [2.05, 4.69) is 27.9 Å². The highest BCUT2D eigenvalue weighted by molar-refractivity contribution is 5.94. The molecule has 0 aromatic carbocycles. The van der Waals surface area contributed by atoms with Gasteiger partial charge < -0.3 is 9.64 Å². The van der Waals surface area contributed by atoms with Gasteiger partial charge in [0.2, 0.25) is 0 Å². The van der Waals surface area contributed by atoms with E-state index in [0.717, 1.165) is 64.2 Å². The second-order valence-corrected chi connectivity index (χ2v) is 8.76. The van der Waals surface area contributed by atoms with Gasteiger partial charge in [-0.05, 0) is 54.9 Å². The molecule has 1 spiro atoms. The van der Waals surface area contributed by atoms with Crippen molar-refractivity contribution in [1.82, 2.24) is 19.8 Å². The SMILES string of the molecule is CCc1ccc(C(=O)N2CCC3(CC2)CC(COC)N(Cc2cccnc2)C3)cn1. The maximum atomic E-state index is 12.9. The van der Waals surface area contributed by atoms with E-state index in [0.29, 0.717) is 11.6 Å². The lowest BCUT2D eigenvalue weighted by atomic mass is 9.76. The molecule has 2 aromatic heterocycles. The molecule has 0 N–H and O–H groups in total. The Hall–Kier alpha value is -2.31. The summed E-state index contributed by atoms with van der Waals surface area (Å²) in [6.45, 7) is 6.42. The van der Waals surface area contributed by atoms with Gasteiger partial charge in [-0.25, -0.2) is 0 Å². The Kier molecular flexibility index (Phi) is 6.44. The Labute approximate surface area is 179 Å². The van der Waals surface area contributed by atoms with Crippen LogP contribution < -0.4 is 0 Å². The van der Waals surface area contributed by atoms with Crippen molar-refractivity contribution < 1.29 is 9.53 Å². The van der Waals surface area contributed by atoms with E-state index in [1.807, 2.05) is 35.5 Å². The molecule has 2 aliphatic rings. The number of aryl methyl sites for hydroxylation is 1. The number of hydrogen-bond donors (Lipinski definition) is 0. The fourth-order valence-electron chi connectivity index (χ4n) is 5.01. The molecule has 6 heteroatoms. The predicted octanol–water partition coefficient (Wildman–Crippen LogP) is 3.18. The van der Waals surface area contributed by atoms with Crippen LogP contribution in [0.15, 0.2) is 42.9 Å². The molecule has 160 valence electrons. The lowest BCUT2D eigenvalue weighted by Gasteiger charge is -2.39. The summed E-state index contributed by atoms with van der Waals surface area (Å²) >= 11 is 0. The zero-order valence-electron chi connectivity index (χ0n) is 18.1. The van der Waals surface area contributed by atoms with Crippen molar-refractivity contribution in [2.45, 2.75) is 45.2 Å². The minimum atomic E-state index is 0.110. The van der Waals surface area contributed by atoms with Gasteiger partial charge in [0.15, 0.2) is 0 Å². The number of methoxy groups -OCH3 is 1. The molecule has 1 atom stereocenters. The largest absolute Gasteiger partial charge is 0.383 e. The number of hydrogen-bond acceptors (Lipinski definition) is 5. The second-order valence-electron chi connectivity index (χ2n) is 8.76. The number of carbonyl (C=O) groups is 1. The molecule has 0 saturated carbocycles. The minimum absolute atomic E-state index is 0.110. The second kappa shape index (κ2) is 9.23. The molecule has 0 bridgehead atoms. The van der Waals surface area contributed by atoms with Crippen LogP contribution in [0.25, 0.3) is 0 Å². The average molecular weight is 409 g/mol. The molecule has 4 heterocycles. The summed E-state index contributed by atoms with van der Waals surface area (Å²) in [5, 5.41) is 0.